The summed E-state index contributed by atoms with van der Waals surface area (Å²) < 4.78 is 10.8. The Bertz CT molecular complexity index is 791. The van der Waals surface area contributed by atoms with Crippen LogP contribution in [0.2, 0.25) is 0 Å². The Morgan fingerprint density at radius 2 is 2.25 bits per heavy atom. The average molecular weight is 327 g/mol. The Labute approximate surface area is 139 Å². The van der Waals surface area contributed by atoms with Crippen LogP contribution in [0.3, 0.4) is 0 Å². The van der Waals surface area contributed by atoms with E-state index in [1.54, 1.807) is 43.5 Å². The number of nitrogens with zero attached hydrogens (tertiary/aromatic N) is 1. The molecule has 2 aromatic rings. The monoisotopic (exact) mass is 327 g/mol. The summed E-state index contributed by atoms with van der Waals surface area (Å²) in [5.41, 5.74) is 1.39. The molecular formula is C17H17N3O4. The summed E-state index contributed by atoms with van der Waals surface area (Å²) in [4.78, 5) is 28.2. The number of hydrogen-bond acceptors (Lipinski definition) is 5. The second-order valence-corrected chi connectivity index (χ2v) is 5.20. The highest BCUT2D eigenvalue weighted by Crippen LogP contribution is 2.32. The molecule has 0 spiro atoms. The van der Waals surface area contributed by atoms with Crippen LogP contribution >= 0.6 is 0 Å². The van der Waals surface area contributed by atoms with Crippen molar-refractivity contribution in [3.05, 3.63) is 42.1 Å². The molecule has 0 unspecified atom stereocenters. The quantitative estimate of drug-likeness (QED) is 0.900. The molecule has 1 aliphatic heterocycles. The molecule has 2 amide bonds. The molecule has 2 N–H and O–H groups in total. The zero-order valence-corrected chi connectivity index (χ0v) is 13.3. The number of amides is 2. The van der Waals surface area contributed by atoms with Crippen molar-refractivity contribution in [3.8, 4) is 11.6 Å². The van der Waals surface area contributed by atoms with Crippen molar-refractivity contribution in [1.82, 2.24) is 4.98 Å². The van der Waals surface area contributed by atoms with Crippen LogP contribution in [-0.2, 0) is 4.79 Å². The number of carbonyl (C=O) groups is 2. The fourth-order valence-electron chi connectivity index (χ4n) is 2.30. The lowest BCUT2D eigenvalue weighted by atomic mass is 10.2. The van der Waals surface area contributed by atoms with Gasteiger partial charge in [0.05, 0.1) is 12.3 Å². The van der Waals surface area contributed by atoms with E-state index in [1.807, 2.05) is 6.92 Å². The molecular weight excluding hydrogens is 310 g/mol. The van der Waals surface area contributed by atoms with E-state index in [0.717, 1.165) is 0 Å². The minimum atomic E-state index is -0.540. The molecule has 7 heteroatoms. The zero-order valence-electron chi connectivity index (χ0n) is 13.3. The van der Waals surface area contributed by atoms with Crippen molar-refractivity contribution in [2.75, 3.05) is 17.2 Å². The number of aromatic nitrogens is 1. The maximum atomic E-state index is 12.4. The number of ether oxygens (including phenoxy) is 2. The van der Waals surface area contributed by atoms with E-state index >= 15 is 0 Å². The predicted molar refractivity (Wildman–Crippen MR) is 88.5 cm³/mol. The first kappa shape index (κ1) is 15.8. The fraction of sp³-hybridized carbons (Fsp3) is 0.235. The van der Waals surface area contributed by atoms with Crippen molar-refractivity contribution in [3.63, 3.8) is 0 Å². The van der Waals surface area contributed by atoms with E-state index in [9.17, 15) is 9.59 Å². The van der Waals surface area contributed by atoms with Crippen molar-refractivity contribution in [2.45, 2.75) is 20.0 Å². The maximum Gasteiger partial charge on any atom is 0.265 e. The Hall–Kier alpha value is -3.09. The second kappa shape index (κ2) is 6.57. The average Bonchev–Trinajstić information content (AvgIpc) is 2.57. The number of pyridine rings is 1. The van der Waals surface area contributed by atoms with Gasteiger partial charge in [0.2, 0.25) is 5.88 Å². The lowest BCUT2D eigenvalue weighted by Crippen LogP contribution is -2.34. The van der Waals surface area contributed by atoms with E-state index in [1.165, 1.54) is 0 Å². The highest BCUT2D eigenvalue weighted by atomic mass is 16.5. The van der Waals surface area contributed by atoms with E-state index < -0.39 is 6.10 Å². The van der Waals surface area contributed by atoms with E-state index in [2.05, 4.69) is 15.6 Å². The molecule has 2 heterocycles. The van der Waals surface area contributed by atoms with E-state index in [4.69, 9.17) is 9.47 Å². The van der Waals surface area contributed by atoms with Gasteiger partial charge >= 0.3 is 0 Å². The molecule has 24 heavy (non-hydrogen) atoms. The molecule has 124 valence electrons. The molecule has 0 fully saturated rings. The predicted octanol–water partition coefficient (Wildman–Crippen LogP) is 2.45. The Balaban J connectivity index is 1.81. The van der Waals surface area contributed by atoms with Crippen LogP contribution in [-0.4, -0.2) is 29.5 Å². The molecule has 3 rings (SSSR count). The molecule has 7 nitrogen and oxygen atoms in total. The van der Waals surface area contributed by atoms with Gasteiger partial charge in [0.1, 0.15) is 11.3 Å². The van der Waals surface area contributed by atoms with Crippen LogP contribution in [0.4, 0.5) is 11.4 Å². The fourth-order valence-corrected chi connectivity index (χ4v) is 2.30. The van der Waals surface area contributed by atoms with Crippen LogP contribution in [0.15, 0.2) is 36.5 Å². The lowest BCUT2D eigenvalue weighted by Gasteiger charge is -2.23. The number of nitrogens with one attached hydrogen (secondary N) is 2. The van der Waals surface area contributed by atoms with Gasteiger partial charge in [0.25, 0.3) is 11.8 Å². The van der Waals surface area contributed by atoms with Crippen LogP contribution in [0.25, 0.3) is 0 Å². The summed E-state index contributed by atoms with van der Waals surface area (Å²) in [7, 11) is 0. The standard InChI is InChI=1S/C17H17N3O4/c1-3-23-17-12(5-4-8-18-17)16(22)19-11-6-7-14-13(9-11)20-15(21)10(2)24-14/h4-10H,3H2,1-2H3,(H,19,22)(H,20,21)/t10-/m1/s1. The third-order valence-corrected chi connectivity index (χ3v) is 3.47. The highest BCUT2D eigenvalue weighted by Gasteiger charge is 2.24. The molecule has 0 aliphatic carbocycles. The normalized spacial score (nSPS) is 15.8. The third kappa shape index (κ3) is 3.15. The maximum absolute atomic E-state index is 12.4. The minimum Gasteiger partial charge on any atom is -0.479 e. The number of hydrogen-bond donors (Lipinski definition) is 2. The highest BCUT2D eigenvalue weighted by molar-refractivity contribution is 6.06. The number of fused-ring (bicyclic) bond motifs is 1. The van der Waals surface area contributed by atoms with Crippen LogP contribution in [0.5, 0.6) is 11.6 Å². The molecule has 1 atom stereocenters. The molecule has 0 radical (unpaired) electrons. The molecule has 1 aromatic carbocycles. The van der Waals surface area contributed by atoms with Gasteiger partial charge in [0, 0.05) is 11.9 Å². The molecule has 1 aromatic heterocycles. The van der Waals surface area contributed by atoms with Crippen molar-refractivity contribution < 1.29 is 19.1 Å². The molecule has 0 bridgehead atoms. The SMILES string of the molecule is CCOc1ncccc1C(=O)Nc1ccc2c(c1)NC(=O)[C@@H](C)O2. The van der Waals surface area contributed by atoms with Crippen LogP contribution < -0.4 is 20.1 Å². The summed E-state index contributed by atoms with van der Waals surface area (Å²) >= 11 is 0. The van der Waals surface area contributed by atoms with Gasteiger partial charge in [-0.1, -0.05) is 0 Å². The Morgan fingerprint density at radius 3 is 3.04 bits per heavy atom. The third-order valence-electron chi connectivity index (χ3n) is 3.47. The number of benzene rings is 1. The summed E-state index contributed by atoms with van der Waals surface area (Å²) in [6.45, 7) is 3.91. The van der Waals surface area contributed by atoms with Gasteiger partial charge < -0.3 is 20.1 Å². The van der Waals surface area contributed by atoms with E-state index in [-0.39, 0.29) is 17.7 Å². The molecule has 0 saturated carbocycles. The van der Waals surface area contributed by atoms with Crippen molar-refractivity contribution in [1.29, 1.82) is 0 Å². The first-order valence-corrected chi connectivity index (χ1v) is 7.59. The van der Waals surface area contributed by atoms with Gasteiger partial charge in [-0.05, 0) is 44.2 Å². The van der Waals surface area contributed by atoms with Gasteiger partial charge in [-0.3, -0.25) is 9.59 Å². The van der Waals surface area contributed by atoms with E-state index in [0.29, 0.717) is 29.3 Å². The molecule has 1 aliphatic rings. The number of rotatable bonds is 4. The molecule has 0 saturated heterocycles. The second-order valence-electron chi connectivity index (χ2n) is 5.20. The zero-order chi connectivity index (χ0) is 17.1. The van der Waals surface area contributed by atoms with Gasteiger partial charge in [-0.25, -0.2) is 4.98 Å². The van der Waals surface area contributed by atoms with Gasteiger partial charge in [-0.15, -0.1) is 0 Å². The van der Waals surface area contributed by atoms with Crippen LogP contribution in [0.1, 0.15) is 24.2 Å². The lowest BCUT2D eigenvalue weighted by molar-refractivity contribution is -0.122. The number of carbonyl (C=O) groups excluding carboxylic acids is 2. The summed E-state index contributed by atoms with van der Waals surface area (Å²) in [6, 6.07) is 8.36. The summed E-state index contributed by atoms with van der Waals surface area (Å²) in [6.07, 6.45) is 1.02. The number of anilines is 2. The van der Waals surface area contributed by atoms with Crippen molar-refractivity contribution >= 4 is 23.2 Å². The van der Waals surface area contributed by atoms with Crippen LogP contribution in [0, 0.1) is 0 Å². The van der Waals surface area contributed by atoms with Gasteiger partial charge in [-0.2, -0.15) is 0 Å². The Kier molecular flexibility index (Phi) is 4.33. The minimum absolute atomic E-state index is 0.225. The summed E-state index contributed by atoms with van der Waals surface area (Å²) in [5.74, 6) is 0.275. The topological polar surface area (TPSA) is 89.5 Å². The largest absolute Gasteiger partial charge is 0.479 e. The summed E-state index contributed by atoms with van der Waals surface area (Å²) in [5, 5.41) is 5.51. The smallest absolute Gasteiger partial charge is 0.265 e. The Morgan fingerprint density at radius 1 is 1.42 bits per heavy atom. The first-order chi connectivity index (χ1) is 11.6. The first-order valence-electron chi connectivity index (χ1n) is 7.59. The van der Waals surface area contributed by atoms with Gasteiger partial charge in [0.15, 0.2) is 6.10 Å². The van der Waals surface area contributed by atoms with Crippen molar-refractivity contribution in [2.24, 2.45) is 0 Å².